The minimum Gasteiger partial charge on any atom is -0.756 e. The number of hydrogen-bond donors (Lipinski definition) is 1. The Bertz CT molecular complexity index is 696. The SMILES string of the molecule is CCCCCCCCCCCCCCCC(=O)OCC(COP(=O)([O-])O)OC(=O)CCCCCCCCCCCCCCC. The molecule has 0 radical (unpaired) electrons. The van der Waals surface area contributed by atoms with Gasteiger partial charge in [-0.25, -0.2) is 0 Å². The summed E-state index contributed by atoms with van der Waals surface area (Å²) < 4.78 is 26.0. The van der Waals surface area contributed by atoms with Crippen molar-refractivity contribution in [2.45, 2.75) is 200 Å². The van der Waals surface area contributed by atoms with Crippen LogP contribution in [0.5, 0.6) is 0 Å². The molecule has 1 N–H and O–H groups in total. The van der Waals surface area contributed by atoms with Crippen LogP contribution >= 0.6 is 7.82 Å². The van der Waals surface area contributed by atoms with Crippen LogP contribution in [0.25, 0.3) is 0 Å². The van der Waals surface area contributed by atoms with Crippen LogP contribution in [-0.2, 0) is 28.2 Å². The third-order valence-electron chi connectivity index (χ3n) is 8.12. The van der Waals surface area contributed by atoms with E-state index < -0.39 is 32.5 Å². The molecule has 0 aromatic carbocycles. The number of phosphoric acid groups is 1. The van der Waals surface area contributed by atoms with Crippen LogP contribution in [0.1, 0.15) is 194 Å². The summed E-state index contributed by atoms with van der Waals surface area (Å²) in [6, 6.07) is 0. The van der Waals surface area contributed by atoms with E-state index in [4.69, 9.17) is 14.4 Å². The predicted octanol–water partition coefficient (Wildman–Crippen LogP) is 9.88. The van der Waals surface area contributed by atoms with E-state index in [1.54, 1.807) is 0 Å². The minimum absolute atomic E-state index is 0.204. The molecule has 0 aliphatic rings. The lowest BCUT2D eigenvalue weighted by Gasteiger charge is -2.21. The van der Waals surface area contributed by atoms with Gasteiger partial charge in [0.05, 0.1) is 6.61 Å². The molecule has 44 heavy (non-hydrogen) atoms. The first-order valence-electron chi connectivity index (χ1n) is 18.3. The predicted molar refractivity (Wildman–Crippen MR) is 177 cm³/mol. The average molecular weight is 648 g/mol. The summed E-state index contributed by atoms with van der Waals surface area (Å²) in [6.07, 6.45) is 30.8. The maximum absolute atomic E-state index is 12.3. The highest BCUT2D eigenvalue weighted by Gasteiger charge is 2.19. The first kappa shape index (κ1) is 43.0. The van der Waals surface area contributed by atoms with E-state index >= 15 is 0 Å². The van der Waals surface area contributed by atoms with Crippen LogP contribution in [0.2, 0.25) is 0 Å². The molecule has 9 heteroatoms. The molecule has 0 saturated carbocycles. The Morgan fingerprint density at radius 1 is 0.545 bits per heavy atom. The zero-order valence-corrected chi connectivity index (χ0v) is 29.4. The molecule has 0 saturated heterocycles. The van der Waals surface area contributed by atoms with Crippen molar-refractivity contribution in [3.05, 3.63) is 0 Å². The van der Waals surface area contributed by atoms with Gasteiger partial charge in [0.1, 0.15) is 6.61 Å². The number of ether oxygens (including phenoxy) is 2. The lowest BCUT2D eigenvalue weighted by atomic mass is 10.0. The van der Waals surface area contributed by atoms with Gasteiger partial charge >= 0.3 is 11.9 Å². The van der Waals surface area contributed by atoms with Gasteiger partial charge in [0.15, 0.2) is 6.10 Å². The molecule has 0 heterocycles. The van der Waals surface area contributed by atoms with Crippen LogP contribution in [0.15, 0.2) is 0 Å². The largest absolute Gasteiger partial charge is 0.756 e. The minimum atomic E-state index is -4.99. The van der Waals surface area contributed by atoms with E-state index in [0.29, 0.717) is 6.42 Å². The van der Waals surface area contributed by atoms with Gasteiger partial charge in [-0.15, -0.1) is 0 Å². The van der Waals surface area contributed by atoms with Crippen molar-refractivity contribution in [3.8, 4) is 0 Å². The van der Waals surface area contributed by atoms with Crippen LogP contribution in [0.3, 0.4) is 0 Å². The number of carbonyl (C=O) groups excluding carboxylic acids is 2. The molecular weight excluding hydrogens is 579 g/mol. The lowest BCUT2D eigenvalue weighted by molar-refractivity contribution is -0.223. The van der Waals surface area contributed by atoms with E-state index in [1.807, 2.05) is 0 Å². The molecule has 8 nitrogen and oxygen atoms in total. The highest BCUT2D eigenvalue weighted by Crippen LogP contribution is 2.30. The van der Waals surface area contributed by atoms with Crippen LogP contribution in [0.4, 0.5) is 0 Å². The molecule has 0 bridgehead atoms. The van der Waals surface area contributed by atoms with Crippen LogP contribution in [-0.4, -0.2) is 36.1 Å². The maximum Gasteiger partial charge on any atom is 0.306 e. The molecule has 262 valence electrons. The second-order valence-electron chi connectivity index (χ2n) is 12.5. The fourth-order valence-corrected chi connectivity index (χ4v) is 5.73. The average Bonchev–Trinajstić information content (AvgIpc) is 2.98. The first-order valence-corrected chi connectivity index (χ1v) is 19.8. The summed E-state index contributed by atoms with van der Waals surface area (Å²) in [4.78, 5) is 44.4. The number of carbonyl (C=O) groups is 2. The monoisotopic (exact) mass is 647 g/mol. The third kappa shape index (κ3) is 33.9. The summed E-state index contributed by atoms with van der Waals surface area (Å²) in [7, 11) is -4.99. The fraction of sp³-hybridized carbons (Fsp3) is 0.943. The molecule has 0 aliphatic heterocycles. The van der Waals surface area contributed by atoms with Gasteiger partial charge < -0.3 is 23.8 Å². The highest BCUT2D eigenvalue weighted by atomic mass is 31.2. The number of phosphoric ester groups is 1. The smallest absolute Gasteiger partial charge is 0.306 e. The van der Waals surface area contributed by atoms with Crippen molar-refractivity contribution in [3.63, 3.8) is 0 Å². The Kier molecular flexibility index (Phi) is 31.3. The summed E-state index contributed by atoms with van der Waals surface area (Å²) in [5.74, 6) is -0.909. The van der Waals surface area contributed by atoms with Gasteiger partial charge in [0.2, 0.25) is 0 Å². The van der Waals surface area contributed by atoms with Gasteiger partial charge in [0, 0.05) is 12.8 Å². The zero-order valence-electron chi connectivity index (χ0n) is 28.5. The van der Waals surface area contributed by atoms with E-state index in [-0.39, 0.29) is 19.4 Å². The van der Waals surface area contributed by atoms with E-state index in [9.17, 15) is 19.0 Å². The van der Waals surface area contributed by atoms with Crippen molar-refractivity contribution in [2.24, 2.45) is 0 Å². The third-order valence-corrected chi connectivity index (χ3v) is 8.60. The van der Waals surface area contributed by atoms with Gasteiger partial charge in [-0.1, -0.05) is 168 Å². The molecule has 0 aromatic rings. The summed E-state index contributed by atoms with van der Waals surface area (Å²) in [6.45, 7) is 3.59. The number of hydrogen-bond acceptors (Lipinski definition) is 7. The lowest BCUT2D eigenvalue weighted by Crippen LogP contribution is -2.30. The van der Waals surface area contributed by atoms with Gasteiger partial charge in [-0.05, 0) is 12.8 Å². The Balaban J connectivity index is 3.94. The van der Waals surface area contributed by atoms with Crippen molar-refractivity contribution in [1.29, 1.82) is 0 Å². The Morgan fingerprint density at radius 3 is 1.20 bits per heavy atom. The fourth-order valence-electron chi connectivity index (χ4n) is 5.37. The number of rotatable bonds is 34. The molecular formula is C35H68O8P-. The topological polar surface area (TPSA) is 122 Å². The second kappa shape index (κ2) is 32.0. The van der Waals surface area contributed by atoms with E-state index in [0.717, 1.165) is 38.5 Å². The van der Waals surface area contributed by atoms with Crippen molar-refractivity contribution in [2.75, 3.05) is 13.2 Å². The summed E-state index contributed by atoms with van der Waals surface area (Å²) in [5.41, 5.74) is 0. The molecule has 0 aliphatic carbocycles. The molecule has 2 unspecified atom stereocenters. The number of unbranched alkanes of at least 4 members (excludes halogenated alkanes) is 24. The van der Waals surface area contributed by atoms with E-state index in [2.05, 4.69) is 18.4 Å². The standard InChI is InChI=1S/C35H69O8P/c1-3-5-7-9-11-13-15-17-19-21-23-25-27-29-34(36)41-31-33(32-42-44(38,39)40)43-35(37)30-28-26-24-22-20-18-16-14-12-10-8-6-4-2/h33H,3-32H2,1-2H3,(H2,38,39,40)/p-1. The zero-order chi connectivity index (χ0) is 32.6. The quantitative estimate of drug-likeness (QED) is 0.0416. The van der Waals surface area contributed by atoms with E-state index in [1.165, 1.54) is 122 Å². The van der Waals surface area contributed by atoms with Crippen LogP contribution < -0.4 is 4.89 Å². The molecule has 0 aromatic heterocycles. The molecule has 0 fully saturated rings. The second-order valence-corrected chi connectivity index (χ2v) is 13.7. The molecule has 2 atom stereocenters. The van der Waals surface area contributed by atoms with Gasteiger partial charge in [-0.2, -0.15) is 0 Å². The molecule has 0 rings (SSSR count). The highest BCUT2D eigenvalue weighted by molar-refractivity contribution is 7.44. The number of esters is 2. The Morgan fingerprint density at radius 2 is 0.864 bits per heavy atom. The summed E-state index contributed by atoms with van der Waals surface area (Å²) >= 11 is 0. The summed E-state index contributed by atoms with van der Waals surface area (Å²) in [5, 5.41) is 0. The van der Waals surface area contributed by atoms with Gasteiger partial charge in [-0.3, -0.25) is 14.2 Å². The first-order chi connectivity index (χ1) is 21.3. The van der Waals surface area contributed by atoms with Crippen molar-refractivity contribution >= 4 is 19.8 Å². The Labute approximate surface area is 270 Å². The molecule has 0 amide bonds. The maximum atomic E-state index is 12.3. The van der Waals surface area contributed by atoms with Crippen LogP contribution in [0, 0.1) is 0 Å². The van der Waals surface area contributed by atoms with Crippen molar-refractivity contribution < 1.29 is 37.9 Å². The Hall–Kier alpha value is -0.950. The van der Waals surface area contributed by atoms with Gasteiger partial charge in [0.25, 0.3) is 7.82 Å². The van der Waals surface area contributed by atoms with Crippen molar-refractivity contribution in [1.82, 2.24) is 0 Å². The normalized spacial score (nSPS) is 13.5. The molecule has 0 spiro atoms.